The van der Waals surface area contributed by atoms with Crippen molar-refractivity contribution in [1.82, 2.24) is 15.0 Å². The van der Waals surface area contributed by atoms with E-state index in [0.29, 0.717) is 6.54 Å². The molecule has 0 N–H and O–H groups in total. The van der Waals surface area contributed by atoms with Gasteiger partial charge in [0, 0.05) is 31.3 Å². The standard InChI is InChI=1S/C14H19N3O2S/c1-9(2)17(11(4)18)6-5-14-16-13(8-20-14)12-7-15-19-10(12)3/h7-9H,5-6H2,1-4H3. The van der Waals surface area contributed by atoms with Crippen LogP contribution in [0, 0.1) is 6.92 Å². The van der Waals surface area contributed by atoms with Crippen molar-refractivity contribution in [2.45, 2.75) is 40.2 Å². The minimum Gasteiger partial charge on any atom is -0.361 e. The molecule has 0 aliphatic carbocycles. The van der Waals surface area contributed by atoms with E-state index in [1.54, 1.807) is 24.5 Å². The fourth-order valence-electron chi connectivity index (χ4n) is 2.09. The van der Waals surface area contributed by atoms with Gasteiger partial charge in [0.25, 0.3) is 0 Å². The zero-order chi connectivity index (χ0) is 14.7. The predicted octanol–water partition coefficient (Wildman–Crippen LogP) is 2.91. The molecule has 0 unspecified atom stereocenters. The van der Waals surface area contributed by atoms with Crippen LogP contribution in [-0.4, -0.2) is 33.5 Å². The third-order valence-corrected chi connectivity index (χ3v) is 4.08. The Bertz CT molecular complexity index is 589. The largest absolute Gasteiger partial charge is 0.361 e. The first-order valence-corrected chi connectivity index (χ1v) is 7.50. The number of carbonyl (C=O) groups is 1. The van der Waals surface area contributed by atoms with Crippen LogP contribution in [0.2, 0.25) is 0 Å². The minimum absolute atomic E-state index is 0.103. The van der Waals surface area contributed by atoms with Crippen molar-refractivity contribution in [2.24, 2.45) is 0 Å². The quantitative estimate of drug-likeness (QED) is 0.850. The van der Waals surface area contributed by atoms with E-state index in [2.05, 4.69) is 10.1 Å². The molecule has 0 saturated carbocycles. The summed E-state index contributed by atoms with van der Waals surface area (Å²) in [6.45, 7) is 8.22. The average molecular weight is 293 g/mol. The van der Waals surface area contributed by atoms with Crippen LogP contribution in [0.15, 0.2) is 16.1 Å². The Morgan fingerprint density at radius 2 is 2.25 bits per heavy atom. The number of hydrogen-bond acceptors (Lipinski definition) is 5. The molecular weight excluding hydrogens is 274 g/mol. The van der Waals surface area contributed by atoms with Crippen LogP contribution in [0.3, 0.4) is 0 Å². The predicted molar refractivity (Wildman–Crippen MR) is 78.6 cm³/mol. The molecule has 0 aliphatic heterocycles. The molecule has 2 aromatic rings. The third-order valence-electron chi connectivity index (χ3n) is 3.17. The molecule has 0 saturated heterocycles. The summed E-state index contributed by atoms with van der Waals surface area (Å²) < 4.78 is 5.05. The van der Waals surface area contributed by atoms with Crippen LogP contribution in [0.4, 0.5) is 0 Å². The molecular formula is C14H19N3O2S. The first-order valence-electron chi connectivity index (χ1n) is 6.62. The van der Waals surface area contributed by atoms with Crippen molar-refractivity contribution >= 4 is 17.2 Å². The molecule has 0 spiro atoms. The number of aryl methyl sites for hydroxylation is 1. The zero-order valence-corrected chi connectivity index (χ0v) is 13.0. The zero-order valence-electron chi connectivity index (χ0n) is 12.2. The summed E-state index contributed by atoms with van der Waals surface area (Å²) in [5, 5.41) is 6.79. The number of amides is 1. The number of aromatic nitrogens is 2. The molecule has 20 heavy (non-hydrogen) atoms. The smallest absolute Gasteiger partial charge is 0.219 e. The molecule has 2 rings (SSSR count). The van der Waals surface area contributed by atoms with E-state index in [1.165, 1.54) is 0 Å². The van der Waals surface area contributed by atoms with Gasteiger partial charge in [0.1, 0.15) is 5.76 Å². The van der Waals surface area contributed by atoms with E-state index in [1.807, 2.05) is 31.1 Å². The van der Waals surface area contributed by atoms with Gasteiger partial charge < -0.3 is 9.42 Å². The van der Waals surface area contributed by atoms with Crippen LogP contribution in [-0.2, 0) is 11.2 Å². The van der Waals surface area contributed by atoms with Gasteiger partial charge in [0.2, 0.25) is 5.91 Å². The fourth-order valence-corrected chi connectivity index (χ4v) is 2.88. The first kappa shape index (κ1) is 14.7. The molecule has 0 radical (unpaired) electrons. The highest BCUT2D eigenvalue weighted by atomic mass is 32.1. The number of hydrogen-bond donors (Lipinski definition) is 0. The van der Waals surface area contributed by atoms with E-state index in [4.69, 9.17) is 4.52 Å². The first-order chi connectivity index (χ1) is 9.49. The van der Waals surface area contributed by atoms with Gasteiger partial charge in [-0.05, 0) is 20.8 Å². The Balaban J connectivity index is 2.03. The molecule has 2 aromatic heterocycles. The van der Waals surface area contributed by atoms with Gasteiger partial charge >= 0.3 is 0 Å². The van der Waals surface area contributed by atoms with E-state index < -0.39 is 0 Å². The van der Waals surface area contributed by atoms with Gasteiger partial charge in [-0.25, -0.2) is 4.98 Å². The van der Waals surface area contributed by atoms with Crippen LogP contribution in [0.5, 0.6) is 0 Å². The Hall–Kier alpha value is -1.69. The highest BCUT2D eigenvalue weighted by Crippen LogP contribution is 2.25. The summed E-state index contributed by atoms with van der Waals surface area (Å²) >= 11 is 1.60. The number of thiazole rings is 1. The molecule has 0 aliphatic rings. The van der Waals surface area contributed by atoms with Gasteiger partial charge in [0.05, 0.1) is 22.5 Å². The van der Waals surface area contributed by atoms with Crippen LogP contribution >= 0.6 is 11.3 Å². The lowest BCUT2D eigenvalue weighted by atomic mass is 10.2. The molecule has 2 heterocycles. The molecule has 0 atom stereocenters. The summed E-state index contributed by atoms with van der Waals surface area (Å²) in [6.07, 6.45) is 2.46. The van der Waals surface area contributed by atoms with E-state index in [-0.39, 0.29) is 11.9 Å². The van der Waals surface area contributed by atoms with E-state index >= 15 is 0 Å². The van der Waals surface area contributed by atoms with Crippen molar-refractivity contribution in [3.05, 3.63) is 22.3 Å². The van der Waals surface area contributed by atoms with Gasteiger partial charge in [0.15, 0.2) is 0 Å². The normalized spacial score (nSPS) is 11.1. The lowest BCUT2D eigenvalue weighted by molar-refractivity contribution is -0.130. The van der Waals surface area contributed by atoms with Crippen molar-refractivity contribution in [2.75, 3.05) is 6.54 Å². The van der Waals surface area contributed by atoms with Crippen LogP contribution < -0.4 is 0 Å². The van der Waals surface area contributed by atoms with Crippen molar-refractivity contribution in [1.29, 1.82) is 0 Å². The Morgan fingerprint density at radius 1 is 1.50 bits per heavy atom. The SMILES string of the molecule is CC(=O)N(CCc1nc(-c2cnoc2C)cs1)C(C)C. The fraction of sp³-hybridized carbons (Fsp3) is 0.500. The molecule has 0 aromatic carbocycles. The topological polar surface area (TPSA) is 59.2 Å². The second-order valence-electron chi connectivity index (χ2n) is 4.98. The van der Waals surface area contributed by atoms with Crippen LogP contribution in [0.1, 0.15) is 31.5 Å². The summed E-state index contributed by atoms with van der Waals surface area (Å²) in [4.78, 5) is 18.0. The maximum absolute atomic E-state index is 11.5. The summed E-state index contributed by atoms with van der Waals surface area (Å²) in [6, 6.07) is 0.215. The molecule has 1 amide bonds. The second kappa shape index (κ2) is 6.17. The molecule has 6 heteroatoms. The van der Waals surface area contributed by atoms with Crippen molar-refractivity contribution in [3.63, 3.8) is 0 Å². The van der Waals surface area contributed by atoms with Gasteiger partial charge in [-0.1, -0.05) is 5.16 Å². The van der Waals surface area contributed by atoms with Gasteiger partial charge in [-0.3, -0.25) is 4.79 Å². The summed E-state index contributed by atoms with van der Waals surface area (Å²) in [5.74, 6) is 0.876. The number of carbonyl (C=O) groups excluding carboxylic acids is 1. The second-order valence-corrected chi connectivity index (χ2v) is 5.92. The van der Waals surface area contributed by atoms with E-state index in [0.717, 1.165) is 28.4 Å². The number of nitrogens with zero attached hydrogens (tertiary/aromatic N) is 3. The maximum atomic E-state index is 11.5. The minimum atomic E-state index is 0.103. The Kier molecular flexibility index (Phi) is 4.54. The molecule has 108 valence electrons. The lowest BCUT2D eigenvalue weighted by Crippen LogP contribution is -2.36. The summed E-state index contributed by atoms with van der Waals surface area (Å²) in [7, 11) is 0. The number of rotatable bonds is 5. The Labute approximate surface area is 122 Å². The molecule has 0 fully saturated rings. The molecule has 5 nitrogen and oxygen atoms in total. The monoisotopic (exact) mass is 293 g/mol. The summed E-state index contributed by atoms with van der Waals surface area (Å²) in [5.41, 5.74) is 1.82. The molecule has 0 bridgehead atoms. The highest BCUT2D eigenvalue weighted by molar-refractivity contribution is 7.09. The van der Waals surface area contributed by atoms with Crippen molar-refractivity contribution < 1.29 is 9.32 Å². The highest BCUT2D eigenvalue weighted by Gasteiger charge is 2.14. The average Bonchev–Trinajstić information content (AvgIpc) is 2.97. The lowest BCUT2D eigenvalue weighted by Gasteiger charge is -2.24. The van der Waals surface area contributed by atoms with Crippen LogP contribution in [0.25, 0.3) is 11.3 Å². The maximum Gasteiger partial charge on any atom is 0.219 e. The van der Waals surface area contributed by atoms with E-state index in [9.17, 15) is 4.79 Å². The Morgan fingerprint density at radius 3 is 2.80 bits per heavy atom. The third kappa shape index (κ3) is 3.25. The van der Waals surface area contributed by atoms with Crippen molar-refractivity contribution in [3.8, 4) is 11.3 Å². The van der Waals surface area contributed by atoms with Gasteiger partial charge in [-0.15, -0.1) is 11.3 Å². The van der Waals surface area contributed by atoms with Gasteiger partial charge in [-0.2, -0.15) is 0 Å².